The lowest BCUT2D eigenvalue weighted by molar-refractivity contribution is 0.0946. The molecule has 1 amide bonds. The number of hydrogen-bond donors (Lipinski definition) is 2. The second-order valence-electron chi connectivity index (χ2n) is 6.59. The molecule has 0 fully saturated rings. The number of nitrogens with one attached hydrogen (secondary N) is 1. The molecule has 150 valence electrons. The Labute approximate surface area is 172 Å². The van der Waals surface area contributed by atoms with Crippen LogP contribution in [0.2, 0.25) is 0 Å². The minimum absolute atomic E-state index is 0.00246. The molecule has 0 spiro atoms. The maximum atomic E-state index is 12.6. The summed E-state index contributed by atoms with van der Waals surface area (Å²) in [5, 5.41) is 2.79. The summed E-state index contributed by atoms with van der Waals surface area (Å²) in [6, 6.07) is 9.45. The molecule has 0 aliphatic heterocycles. The molecule has 9 nitrogen and oxygen atoms in total. The number of nitrogens with zero attached hydrogens (tertiary/aromatic N) is 5. The second-order valence-corrected chi connectivity index (χ2v) is 6.59. The molecule has 4 heterocycles. The molecule has 0 bridgehead atoms. The van der Waals surface area contributed by atoms with E-state index in [1.165, 1.54) is 12.5 Å². The Morgan fingerprint density at radius 3 is 2.63 bits per heavy atom. The summed E-state index contributed by atoms with van der Waals surface area (Å²) < 4.78 is 5.24. The van der Waals surface area contributed by atoms with E-state index in [0.717, 1.165) is 17.0 Å². The van der Waals surface area contributed by atoms with Gasteiger partial charge in [-0.05, 0) is 37.6 Å². The number of aryl methyl sites for hydroxylation is 2. The van der Waals surface area contributed by atoms with Crippen LogP contribution in [0.25, 0.3) is 23.0 Å². The lowest BCUT2D eigenvalue weighted by Gasteiger charge is -2.10. The maximum Gasteiger partial charge on any atom is 0.274 e. The number of rotatable bonds is 5. The van der Waals surface area contributed by atoms with Crippen molar-refractivity contribution in [2.24, 2.45) is 0 Å². The van der Waals surface area contributed by atoms with E-state index >= 15 is 0 Å². The van der Waals surface area contributed by atoms with Crippen molar-refractivity contribution in [1.29, 1.82) is 0 Å². The van der Waals surface area contributed by atoms with Crippen LogP contribution in [0.5, 0.6) is 0 Å². The van der Waals surface area contributed by atoms with E-state index in [1.54, 1.807) is 13.1 Å². The fourth-order valence-corrected chi connectivity index (χ4v) is 2.93. The first-order valence-corrected chi connectivity index (χ1v) is 9.23. The summed E-state index contributed by atoms with van der Waals surface area (Å²) >= 11 is 0. The number of nitrogens with two attached hydrogens (primary N) is 1. The van der Waals surface area contributed by atoms with Crippen molar-refractivity contribution in [3.8, 4) is 23.0 Å². The third-order valence-electron chi connectivity index (χ3n) is 4.44. The molecule has 0 radical (unpaired) electrons. The summed E-state index contributed by atoms with van der Waals surface area (Å²) in [6.07, 6.45) is 4.65. The molecule has 0 saturated carbocycles. The van der Waals surface area contributed by atoms with Crippen molar-refractivity contribution in [2.45, 2.75) is 20.4 Å². The number of oxazole rings is 1. The topological polar surface area (TPSA) is 133 Å². The van der Waals surface area contributed by atoms with Crippen molar-refractivity contribution >= 4 is 11.7 Å². The predicted molar refractivity (Wildman–Crippen MR) is 110 cm³/mol. The average Bonchev–Trinajstić information content (AvgIpc) is 3.29. The van der Waals surface area contributed by atoms with Crippen LogP contribution in [-0.4, -0.2) is 30.8 Å². The zero-order valence-corrected chi connectivity index (χ0v) is 16.5. The lowest BCUT2D eigenvalue weighted by atomic mass is 10.1. The van der Waals surface area contributed by atoms with Crippen LogP contribution in [0.15, 0.2) is 53.4 Å². The third kappa shape index (κ3) is 3.86. The summed E-state index contributed by atoms with van der Waals surface area (Å²) in [6.45, 7) is 3.89. The molecule has 30 heavy (non-hydrogen) atoms. The second kappa shape index (κ2) is 8.08. The summed E-state index contributed by atoms with van der Waals surface area (Å²) in [5.74, 6) is -0.147. The van der Waals surface area contributed by atoms with Crippen LogP contribution >= 0.6 is 0 Å². The van der Waals surface area contributed by atoms with E-state index in [0.29, 0.717) is 23.0 Å². The van der Waals surface area contributed by atoms with Gasteiger partial charge in [-0.2, -0.15) is 0 Å². The first-order valence-electron chi connectivity index (χ1n) is 9.23. The van der Waals surface area contributed by atoms with Gasteiger partial charge >= 0.3 is 0 Å². The van der Waals surface area contributed by atoms with E-state index < -0.39 is 5.91 Å². The highest BCUT2D eigenvalue weighted by Crippen LogP contribution is 2.21. The largest absolute Gasteiger partial charge is 0.443 e. The third-order valence-corrected chi connectivity index (χ3v) is 4.44. The minimum atomic E-state index is -0.441. The molecule has 0 aliphatic carbocycles. The van der Waals surface area contributed by atoms with Gasteiger partial charge in [0.1, 0.15) is 12.0 Å². The van der Waals surface area contributed by atoms with E-state index in [9.17, 15) is 4.79 Å². The standard InChI is InChI=1S/C21H19N7O2/c1-12-6-7-14(27-16(12)15-5-3-4-8-23-15)11-25-20(29)18-19(22)28-17(13(2)26-18)21-24-9-10-30-21/h3-10H,11H2,1-2H3,(H2,22,28)(H,25,29). The molecular formula is C21H19N7O2. The number of pyridine rings is 2. The Balaban J connectivity index is 1.52. The van der Waals surface area contributed by atoms with Gasteiger partial charge in [-0.3, -0.25) is 9.78 Å². The van der Waals surface area contributed by atoms with Crippen LogP contribution in [0.4, 0.5) is 5.82 Å². The quantitative estimate of drug-likeness (QED) is 0.521. The zero-order chi connectivity index (χ0) is 21.1. The van der Waals surface area contributed by atoms with Gasteiger partial charge in [0, 0.05) is 6.20 Å². The van der Waals surface area contributed by atoms with E-state index in [2.05, 4.69) is 30.2 Å². The van der Waals surface area contributed by atoms with Gasteiger partial charge in [-0.25, -0.2) is 19.9 Å². The Hall–Kier alpha value is -4.14. The molecule has 4 aromatic rings. The summed E-state index contributed by atoms with van der Waals surface area (Å²) in [7, 11) is 0. The van der Waals surface area contributed by atoms with Gasteiger partial charge in [0.2, 0.25) is 5.89 Å². The number of anilines is 1. The van der Waals surface area contributed by atoms with Crippen molar-refractivity contribution in [3.63, 3.8) is 0 Å². The fraction of sp³-hybridized carbons (Fsp3) is 0.143. The highest BCUT2D eigenvalue weighted by Gasteiger charge is 2.19. The van der Waals surface area contributed by atoms with Gasteiger partial charge in [0.25, 0.3) is 5.91 Å². The van der Waals surface area contributed by atoms with Gasteiger partial charge < -0.3 is 15.5 Å². The number of hydrogen-bond acceptors (Lipinski definition) is 8. The predicted octanol–water partition coefficient (Wildman–Crippen LogP) is 2.72. The van der Waals surface area contributed by atoms with Gasteiger partial charge in [0.05, 0.1) is 35.5 Å². The first-order chi connectivity index (χ1) is 14.5. The van der Waals surface area contributed by atoms with Crippen LogP contribution in [0.1, 0.15) is 27.4 Å². The maximum absolute atomic E-state index is 12.6. The monoisotopic (exact) mass is 401 g/mol. The molecular weight excluding hydrogens is 382 g/mol. The van der Waals surface area contributed by atoms with Gasteiger partial charge in [0.15, 0.2) is 11.5 Å². The molecule has 0 saturated heterocycles. The molecule has 4 rings (SSSR count). The van der Waals surface area contributed by atoms with Crippen molar-refractivity contribution in [3.05, 3.63) is 71.6 Å². The number of carbonyl (C=O) groups is 1. The Kier molecular flexibility index (Phi) is 5.17. The van der Waals surface area contributed by atoms with Gasteiger partial charge in [-0.15, -0.1) is 0 Å². The van der Waals surface area contributed by atoms with E-state index in [4.69, 9.17) is 10.2 Å². The smallest absolute Gasteiger partial charge is 0.274 e. The molecule has 0 atom stereocenters. The minimum Gasteiger partial charge on any atom is -0.443 e. The van der Waals surface area contributed by atoms with Crippen molar-refractivity contribution in [2.75, 3.05) is 5.73 Å². The van der Waals surface area contributed by atoms with Crippen molar-refractivity contribution < 1.29 is 9.21 Å². The summed E-state index contributed by atoms with van der Waals surface area (Å²) in [4.78, 5) is 34.2. The van der Waals surface area contributed by atoms with Crippen LogP contribution in [0.3, 0.4) is 0 Å². The van der Waals surface area contributed by atoms with E-state index in [-0.39, 0.29) is 18.1 Å². The normalized spacial score (nSPS) is 10.7. The SMILES string of the molecule is Cc1ccc(CNC(=O)c2nc(C)c(-c3ncco3)nc2N)nc1-c1ccccn1. The highest BCUT2D eigenvalue weighted by atomic mass is 16.3. The Morgan fingerprint density at radius 2 is 1.90 bits per heavy atom. The Morgan fingerprint density at radius 1 is 1.03 bits per heavy atom. The molecule has 4 aromatic heterocycles. The average molecular weight is 401 g/mol. The summed E-state index contributed by atoms with van der Waals surface area (Å²) in [5.41, 5.74) is 10.1. The van der Waals surface area contributed by atoms with E-state index in [1.807, 2.05) is 37.3 Å². The molecule has 0 unspecified atom stereocenters. The fourth-order valence-electron chi connectivity index (χ4n) is 2.93. The molecule has 0 aromatic carbocycles. The number of aromatic nitrogens is 5. The molecule has 0 aliphatic rings. The van der Waals surface area contributed by atoms with Crippen LogP contribution < -0.4 is 11.1 Å². The molecule has 9 heteroatoms. The lowest BCUT2D eigenvalue weighted by Crippen LogP contribution is -2.26. The van der Waals surface area contributed by atoms with Crippen LogP contribution in [-0.2, 0) is 6.54 Å². The highest BCUT2D eigenvalue weighted by molar-refractivity contribution is 5.96. The number of amides is 1. The van der Waals surface area contributed by atoms with Crippen LogP contribution in [0, 0.1) is 13.8 Å². The number of nitrogen functional groups attached to an aromatic ring is 1. The number of carbonyl (C=O) groups excluding carboxylic acids is 1. The zero-order valence-electron chi connectivity index (χ0n) is 16.5. The first kappa shape index (κ1) is 19.2. The van der Waals surface area contributed by atoms with Gasteiger partial charge in [-0.1, -0.05) is 12.1 Å². The molecule has 3 N–H and O–H groups in total. The van der Waals surface area contributed by atoms with Crippen molar-refractivity contribution in [1.82, 2.24) is 30.2 Å². The Bertz CT molecular complexity index is 1190.